The highest BCUT2D eigenvalue weighted by molar-refractivity contribution is 6.61. The van der Waals surface area contributed by atoms with E-state index in [0.29, 0.717) is 6.42 Å². The molecule has 0 saturated heterocycles. The van der Waals surface area contributed by atoms with E-state index in [-0.39, 0.29) is 6.42 Å². The number of alkyl halides is 1. The lowest BCUT2D eigenvalue weighted by atomic mass is 10.1. The Balaban J connectivity index is 3.46. The second-order valence-electron chi connectivity index (χ2n) is 3.85. The van der Waals surface area contributed by atoms with Crippen LogP contribution in [0.2, 0.25) is 0 Å². The van der Waals surface area contributed by atoms with Crippen molar-refractivity contribution >= 4 is 17.0 Å². The van der Waals surface area contributed by atoms with Crippen LogP contribution >= 0.6 is 11.6 Å². The smallest absolute Gasteiger partial charge is 0.404 e. The standard InChI is InChI=1S/C11H20ClFO2/c1-3-4-5-6-7-10(13)8-9(2)15-11(12)14/h9-10H,3-8H2,1-2H3. The summed E-state index contributed by atoms with van der Waals surface area (Å²) in [4.78, 5) is 10.4. The van der Waals surface area contributed by atoms with Crippen molar-refractivity contribution in [3.63, 3.8) is 0 Å². The molecule has 0 rings (SSSR count). The van der Waals surface area contributed by atoms with Crippen molar-refractivity contribution in [1.29, 1.82) is 0 Å². The van der Waals surface area contributed by atoms with Crippen molar-refractivity contribution in [1.82, 2.24) is 0 Å². The molecule has 0 aromatic rings. The van der Waals surface area contributed by atoms with Gasteiger partial charge in [-0.2, -0.15) is 0 Å². The number of ether oxygens (including phenoxy) is 1. The fraction of sp³-hybridized carbons (Fsp3) is 0.909. The molecule has 0 saturated carbocycles. The highest BCUT2D eigenvalue weighted by atomic mass is 35.5. The van der Waals surface area contributed by atoms with Crippen LogP contribution in [0.5, 0.6) is 0 Å². The van der Waals surface area contributed by atoms with Crippen molar-refractivity contribution < 1.29 is 13.9 Å². The molecule has 0 amide bonds. The van der Waals surface area contributed by atoms with Gasteiger partial charge in [0.15, 0.2) is 0 Å². The fourth-order valence-corrected chi connectivity index (χ4v) is 1.63. The molecule has 2 nitrogen and oxygen atoms in total. The summed E-state index contributed by atoms with van der Waals surface area (Å²) in [5, 5.41) is 0. The third-order valence-corrected chi connectivity index (χ3v) is 2.34. The van der Waals surface area contributed by atoms with Crippen molar-refractivity contribution in [2.45, 2.75) is 64.6 Å². The van der Waals surface area contributed by atoms with Gasteiger partial charge in [-0.05, 0) is 13.3 Å². The summed E-state index contributed by atoms with van der Waals surface area (Å²) in [5.41, 5.74) is -0.860. The van der Waals surface area contributed by atoms with E-state index in [4.69, 9.17) is 11.6 Å². The quantitative estimate of drug-likeness (QED) is 0.461. The van der Waals surface area contributed by atoms with Gasteiger partial charge in [-0.1, -0.05) is 32.6 Å². The Morgan fingerprint density at radius 3 is 2.60 bits per heavy atom. The summed E-state index contributed by atoms with van der Waals surface area (Å²) in [6.45, 7) is 3.77. The van der Waals surface area contributed by atoms with Gasteiger partial charge in [0.1, 0.15) is 12.3 Å². The summed E-state index contributed by atoms with van der Waals surface area (Å²) >= 11 is 5.02. The largest absolute Gasteiger partial charge is 0.451 e. The summed E-state index contributed by atoms with van der Waals surface area (Å²) < 4.78 is 17.9. The zero-order chi connectivity index (χ0) is 11.7. The van der Waals surface area contributed by atoms with Crippen molar-refractivity contribution in [2.75, 3.05) is 0 Å². The lowest BCUT2D eigenvalue weighted by Gasteiger charge is -2.13. The van der Waals surface area contributed by atoms with Gasteiger partial charge >= 0.3 is 5.43 Å². The molecule has 0 aromatic carbocycles. The van der Waals surface area contributed by atoms with Gasteiger partial charge in [-0.15, -0.1) is 0 Å². The lowest BCUT2D eigenvalue weighted by molar-refractivity contribution is 0.104. The Hall–Kier alpha value is -0.310. The van der Waals surface area contributed by atoms with Gasteiger partial charge in [0, 0.05) is 18.0 Å². The average Bonchev–Trinajstić information content (AvgIpc) is 2.10. The number of halogens is 2. The molecule has 15 heavy (non-hydrogen) atoms. The highest BCUT2D eigenvalue weighted by Crippen LogP contribution is 2.14. The molecule has 0 radical (unpaired) electrons. The van der Waals surface area contributed by atoms with E-state index in [9.17, 15) is 9.18 Å². The Bertz CT molecular complexity index is 176. The number of hydrogen-bond acceptors (Lipinski definition) is 2. The van der Waals surface area contributed by atoms with E-state index in [0.717, 1.165) is 25.7 Å². The molecule has 2 unspecified atom stereocenters. The average molecular weight is 239 g/mol. The molecule has 0 N–H and O–H groups in total. The normalized spacial score (nSPS) is 14.7. The maximum Gasteiger partial charge on any atom is 0.404 e. The lowest BCUT2D eigenvalue weighted by Crippen LogP contribution is -2.16. The van der Waals surface area contributed by atoms with Crippen LogP contribution in [0.3, 0.4) is 0 Å². The zero-order valence-electron chi connectivity index (χ0n) is 9.47. The summed E-state index contributed by atoms with van der Waals surface area (Å²) in [7, 11) is 0. The van der Waals surface area contributed by atoms with Gasteiger partial charge in [-0.25, -0.2) is 9.18 Å². The molecule has 90 valence electrons. The second kappa shape index (κ2) is 8.96. The molecular formula is C11H20ClFO2. The van der Waals surface area contributed by atoms with Gasteiger partial charge in [0.25, 0.3) is 0 Å². The van der Waals surface area contributed by atoms with Gasteiger partial charge < -0.3 is 4.74 Å². The fourth-order valence-electron chi connectivity index (χ4n) is 1.48. The van der Waals surface area contributed by atoms with Crippen molar-refractivity contribution in [3.05, 3.63) is 0 Å². The Labute approximate surface area is 96.1 Å². The van der Waals surface area contributed by atoms with Gasteiger partial charge in [0.2, 0.25) is 0 Å². The molecule has 0 aliphatic rings. The topological polar surface area (TPSA) is 26.3 Å². The Morgan fingerprint density at radius 1 is 1.40 bits per heavy atom. The number of carbonyl (C=O) groups excluding carboxylic acids is 1. The monoisotopic (exact) mass is 238 g/mol. The molecular weight excluding hydrogens is 219 g/mol. The van der Waals surface area contributed by atoms with Crippen molar-refractivity contribution in [3.8, 4) is 0 Å². The molecule has 0 aliphatic carbocycles. The molecule has 4 heteroatoms. The highest BCUT2D eigenvalue weighted by Gasteiger charge is 2.14. The van der Waals surface area contributed by atoms with Gasteiger partial charge in [0.05, 0.1) is 0 Å². The van der Waals surface area contributed by atoms with Crippen LogP contribution in [0.4, 0.5) is 9.18 Å². The Kier molecular flexibility index (Phi) is 8.77. The van der Waals surface area contributed by atoms with Crippen LogP contribution in [0, 0.1) is 0 Å². The van der Waals surface area contributed by atoms with E-state index < -0.39 is 17.7 Å². The first-order valence-electron chi connectivity index (χ1n) is 5.56. The molecule has 2 atom stereocenters. The maximum absolute atomic E-state index is 13.3. The second-order valence-corrected chi connectivity index (χ2v) is 4.16. The van der Waals surface area contributed by atoms with Crippen LogP contribution < -0.4 is 0 Å². The van der Waals surface area contributed by atoms with E-state index in [1.807, 2.05) is 0 Å². The minimum atomic E-state index is -0.895. The third kappa shape index (κ3) is 9.98. The predicted molar refractivity (Wildman–Crippen MR) is 60.1 cm³/mol. The van der Waals surface area contributed by atoms with Crippen molar-refractivity contribution in [2.24, 2.45) is 0 Å². The molecule has 0 bridgehead atoms. The predicted octanol–water partition coefficient (Wildman–Crippen LogP) is 4.45. The van der Waals surface area contributed by atoms with Crippen LogP contribution in [-0.2, 0) is 4.74 Å². The summed E-state index contributed by atoms with van der Waals surface area (Å²) in [5.74, 6) is 0. The van der Waals surface area contributed by atoms with Crippen LogP contribution in [0.1, 0.15) is 52.4 Å². The van der Waals surface area contributed by atoms with Gasteiger partial charge in [-0.3, -0.25) is 0 Å². The molecule has 0 spiro atoms. The summed E-state index contributed by atoms with van der Waals surface area (Å²) in [6.07, 6.45) is 3.73. The van der Waals surface area contributed by atoms with E-state index >= 15 is 0 Å². The van der Waals surface area contributed by atoms with Crippen LogP contribution in [0.25, 0.3) is 0 Å². The number of unbranched alkanes of at least 4 members (excludes halogenated alkanes) is 3. The molecule has 0 fully saturated rings. The van der Waals surface area contributed by atoms with E-state index in [2.05, 4.69) is 11.7 Å². The minimum Gasteiger partial charge on any atom is -0.451 e. The number of rotatable bonds is 8. The van der Waals surface area contributed by atoms with Crippen LogP contribution in [0.15, 0.2) is 0 Å². The zero-order valence-corrected chi connectivity index (χ0v) is 10.2. The van der Waals surface area contributed by atoms with E-state index in [1.165, 1.54) is 0 Å². The first-order valence-corrected chi connectivity index (χ1v) is 5.94. The maximum atomic E-state index is 13.3. The first-order chi connectivity index (χ1) is 7.06. The Morgan fingerprint density at radius 2 is 2.07 bits per heavy atom. The van der Waals surface area contributed by atoms with Crippen LogP contribution in [-0.4, -0.2) is 17.7 Å². The minimum absolute atomic E-state index is 0.241. The molecule has 0 aliphatic heterocycles. The van der Waals surface area contributed by atoms with E-state index in [1.54, 1.807) is 6.92 Å². The molecule has 0 heterocycles. The first kappa shape index (κ1) is 14.7. The number of carbonyl (C=O) groups is 1. The SMILES string of the molecule is CCCCCCC(F)CC(C)OC(=O)Cl. The summed E-state index contributed by atoms with van der Waals surface area (Å²) in [6, 6.07) is 0. The molecule has 0 aromatic heterocycles. The number of hydrogen-bond donors (Lipinski definition) is 0. The third-order valence-electron chi connectivity index (χ3n) is 2.25.